The molecule has 0 saturated heterocycles. The van der Waals surface area contributed by atoms with E-state index in [9.17, 15) is 0 Å². The minimum atomic E-state index is 0.578. The zero-order chi connectivity index (χ0) is 12.7. The summed E-state index contributed by atoms with van der Waals surface area (Å²) in [4.78, 5) is 5.89. The number of nitrogen functional groups attached to an aromatic ring is 1. The van der Waals surface area contributed by atoms with Crippen LogP contribution in [0, 0.1) is 6.92 Å². The number of nitrogens with two attached hydrogens (primary N) is 1. The van der Waals surface area contributed by atoms with Crippen LogP contribution in [0.25, 0.3) is 11.3 Å². The van der Waals surface area contributed by atoms with Crippen LogP contribution in [0.5, 0.6) is 0 Å². The Hall–Kier alpha value is -1.42. The molecule has 3 nitrogen and oxygen atoms in total. The number of aryl methyl sites for hydroxylation is 1. The third kappa shape index (κ3) is 1.81. The molecule has 1 aliphatic heterocycles. The molecule has 1 aromatic carbocycles. The molecule has 0 radical (unpaired) electrons. The van der Waals surface area contributed by atoms with E-state index in [0.29, 0.717) is 5.95 Å². The van der Waals surface area contributed by atoms with Crippen molar-refractivity contribution in [3.63, 3.8) is 0 Å². The molecule has 18 heavy (non-hydrogen) atoms. The van der Waals surface area contributed by atoms with Crippen molar-refractivity contribution in [2.24, 2.45) is 7.05 Å². The topological polar surface area (TPSA) is 43.8 Å². The molecule has 4 heteroatoms. The third-order valence-electron chi connectivity index (χ3n) is 3.60. The van der Waals surface area contributed by atoms with Crippen molar-refractivity contribution in [2.75, 3.05) is 11.5 Å². The van der Waals surface area contributed by atoms with E-state index in [4.69, 9.17) is 5.73 Å². The van der Waals surface area contributed by atoms with Gasteiger partial charge in [-0.05, 0) is 43.2 Å². The van der Waals surface area contributed by atoms with E-state index in [-0.39, 0.29) is 0 Å². The van der Waals surface area contributed by atoms with E-state index >= 15 is 0 Å². The molecule has 0 saturated carbocycles. The van der Waals surface area contributed by atoms with E-state index < -0.39 is 0 Å². The van der Waals surface area contributed by atoms with Crippen molar-refractivity contribution in [1.29, 1.82) is 0 Å². The van der Waals surface area contributed by atoms with Gasteiger partial charge in [-0.3, -0.25) is 0 Å². The Labute approximate surface area is 111 Å². The molecule has 0 atom stereocenters. The number of thioether (sulfide) groups is 1. The van der Waals surface area contributed by atoms with Gasteiger partial charge in [0.05, 0.1) is 5.69 Å². The number of anilines is 1. The summed E-state index contributed by atoms with van der Waals surface area (Å²) in [5, 5.41) is 0. The maximum atomic E-state index is 5.86. The van der Waals surface area contributed by atoms with Crippen molar-refractivity contribution in [1.82, 2.24) is 9.55 Å². The van der Waals surface area contributed by atoms with Crippen molar-refractivity contribution in [3.8, 4) is 11.3 Å². The van der Waals surface area contributed by atoms with Crippen LogP contribution in [0.2, 0.25) is 0 Å². The van der Waals surface area contributed by atoms with Gasteiger partial charge in [-0.1, -0.05) is 6.07 Å². The quantitative estimate of drug-likeness (QED) is 0.856. The van der Waals surface area contributed by atoms with Crippen LogP contribution in [0.4, 0.5) is 5.95 Å². The van der Waals surface area contributed by atoms with Crippen LogP contribution in [0.15, 0.2) is 23.1 Å². The predicted molar refractivity (Wildman–Crippen MR) is 76.8 cm³/mol. The zero-order valence-electron chi connectivity index (χ0n) is 10.7. The molecule has 1 aromatic heterocycles. The number of imidazole rings is 1. The standard InChI is InChI=1S/C14H17N3S/c1-9-13(16-14(15)17(9)2)11-5-6-12-10(8-11)4-3-7-18-12/h5-6,8H,3-4,7H2,1-2H3,(H2,15,16). The van der Waals surface area contributed by atoms with Gasteiger partial charge in [-0.25, -0.2) is 4.98 Å². The first kappa shape index (κ1) is 11.7. The van der Waals surface area contributed by atoms with E-state index in [1.165, 1.54) is 34.6 Å². The van der Waals surface area contributed by atoms with Crippen LogP contribution < -0.4 is 5.73 Å². The minimum Gasteiger partial charge on any atom is -0.369 e. The van der Waals surface area contributed by atoms with E-state index in [0.717, 1.165) is 11.4 Å². The SMILES string of the molecule is Cc1c(-c2ccc3c(c2)CCCS3)nc(N)n1C. The monoisotopic (exact) mass is 259 g/mol. The molecule has 0 unspecified atom stereocenters. The Morgan fingerprint density at radius 2 is 2.22 bits per heavy atom. The summed E-state index contributed by atoms with van der Waals surface area (Å²) >= 11 is 1.95. The van der Waals surface area contributed by atoms with Crippen LogP contribution in [0.1, 0.15) is 17.7 Å². The number of nitrogens with zero attached hydrogens (tertiary/aromatic N) is 2. The lowest BCUT2D eigenvalue weighted by molar-refractivity contribution is 0.887. The maximum absolute atomic E-state index is 5.86. The fourth-order valence-corrected chi connectivity index (χ4v) is 3.40. The Kier molecular flexibility index (Phi) is 2.82. The number of fused-ring (bicyclic) bond motifs is 1. The van der Waals surface area contributed by atoms with E-state index in [1.54, 1.807) is 0 Å². The molecule has 2 heterocycles. The van der Waals surface area contributed by atoms with Gasteiger partial charge in [0, 0.05) is 23.2 Å². The lowest BCUT2D eigenvalue weighted by atomic mass is 10.0. The van der Waals surface area contributed by atoms with Gasteiger partial charge in [-0.2, -0.15) is 0 Å². The molecule has 94 valence electrons. The number of hydrogen-bond donors (Lipinski definition) is 1. The van der Waals surface area contributed by atoms with Crippen LogP contribution in [-0.2, 0) is 13.5 Å². The van der Waals surface area contributed by atoms with Crippen molar-refractivity contribution in [3.05, 3.63) is 29.5 Å². The Morgan fingerprint density at radius 1 is 1.39 bits per heavy atom. The second kappa shape index (κ2) is 4.35. The summed E-state index contributed by atoms with van der Waals surface area (Å²) in [5.74, 6) is 1.82. The summed E-state index contributed by atoms with van der Waals surface area (Å²) in [7, 11) is 1.95. The Bertz CT molecular complexity index is 601. The molecule has 1 aliphatic rings. The molecule has 0 bridgehead atoms. The number of hydrogen-bond acceptors (Lipinski definition) is 3. The predicted octanol–water partition coefficient (Wildman–Crippen LogP) is 3.02. The highest BCUT2D eigenvalue weighted by atomic mass is 32.2. The average molecular weight is 259 g/mol. The van der Waals surface area contributed by atoms with E-state index in [2.05, 4.69) is 30.1 Å². The van der Waals surface area contributed by atoms with E-state index in [1.807, 2.05) is 23.4 Å². The lowest BCUT2D eigenvalue weighted by Gasteiger charge is -2.15. The number of benzene rings is 1. The highest BCUT2D eigenvalue weighted by Crippen LogP contribution is 2.34. The highest BCUT2D eigenvalue weighted by Gasteiger charge is 2.14. The summed E-state index contributed by atoms with van der Waals surface area (Å²) in [5.41, 5.74) is 10.6. The smallest absolute Gasteiger partial charge is 0.200 e. The molecule has 2 aromatic rings. The first-order chi connectivity index (χ1) is 8.66. The number of aromatic nitrogens is 2. The molecule has 2 N–H and O–H groups in total. The van der Waals surface area contributed by atoms with Crippen molar-refractivity contribution < 1.29 is 0 Å². The van der Waals surface area contributed by atoms with Crippen LogP contribution >= 0.6 is 11.8 Å². The molecule has 0 spiro atoms. The summed E-state index contributed by atoms with van der Waals surface area (Å²) in [6, 6.07) is 6.65. The van der Waals surface area contributed by atoms with Crippen LogP contribution in [-0.4, -0.2) is 15.3 Å². The van der Waals surface area contributed by atoms with Crippen LogP contribution in [0.3, 0.4) is 0 Å². The molecule has 0 aliphatic carbocycles. The minimum absolute atomic E-state index is 0.578. The van der Waals surface area contributed by atoms with Gasteiger partial charge in [0.2, 0.25) is 5.95 Å². The summed E-state index contributed by atoms with van der Waals surface area (Å²) < 4.78 is 1.93. The zero-order valence-corrected chi connectivity index (χ0v) is 11.5. The van der Waals surface area contributed by atoms with Gasteiger partial charge >= 0.3 is 0 Å². The fourth-order valence-electron chi connectivity index (χ4n) is 2.38. The van der Waals surface area contributed by atoms with Gasteiger partial charge < -0.3 is 10.3 Å². The normalized spacial score (nSPS) is 14.6. The summed E-state index contributed by atoms with van der Waals surface area (Å²) in [6.45, 7) is 2.06. The average Bonchev–Trinajstić information content (AvgIpc) is 2.66. The summed E-state index contributed by atoms with van der Waals surface area (Å²) in [6.07, 6.45) is 2.45. The Morgan fingerprint density at radius 3 is 2.94 bits per heavy atom. The Balaban J connectivity index is 2.09. The largest absolute Gasteiger partial charge is 0.369 e. The van der Waals surface area contributed by atoms with Crippen molar-refractivity contribution >= 4 is 17.7 Å². The van der Waals surface area contributed by atoms with Gasteiger partial charge in [0.25, 0.3) is 0 Å². The second-order valence-corrected chi connectivity index (χ2v) is 5.87. The molecular formula is C14H17N3S. The van der Waals surface area contributed by atoms with Crippen molar-refractivity contribution in [2.45, 2.75) is 24.7 Å². The molecule has 0 amide bonds. The van der Waals surface area contributed by atoms with Gasteiger partial charge in [0.15, 0.2) is 0 Å². The molecule has 0 fully saturated rings. The third-order valence-corrected chi connectivity index (χ3v) is 4.80. The highest BCUT2D eigenvalue weighted by molar-refractivity contribution is 7.99. The first-order valence-corrected chi connectivity index (χ1v) is 7.20. The molecular weight excluding hydrogens is 242 g/mol. The molecule has 3 rings (SSSR count). The van der Waals surface area contributed by atoms with Gasteiger partial charge in [-0.15, -0.1) is 11.8 Å². The number of rotatable bonds is 1. The fraction of sp³-hybridized carbons (Fsp3) is 0.357. The van der Waals surface area contributed by atoms with Gasteiger partial charge in [0.1, 0.15) is 0 Å². The lowest BCUT2D eigenvalue weighted by Crippen LogP contribution is -1.99. The first-order valence-electron chi connectivity index (χ1n) is 6.21. The maximum Gasteiger partial charge on any atom is 0.200 e. The second-order valence-electron chi connectivity index (χ2n) is 4.74.